The number of aryl methyl sites for hydroxylation is 1. The summed E-state index contributed by atoms with van der Waals surface area (Å²) in [6.45, 7) is 3.75. The molecule has 0 spiro atoms. The summed E-state index contributed by atoms with van der Waals surface area (Å²) in [6, 6.07) is 4.93. The Labute approximate surface area is 141 Å². The van der Waals surface area contributed by atoms with E-state index in [9.17, 15) is 9.18 Å². The van der Waals surface area contributed by atoms with E-state index in [0.717, 1.165) is 11.4 Å². The monoisotopic (exact) mass is 327 g/mol. The smallest absolute Gasteiger partial charge is 0.224 e. The highest BCUT2D eigenvalue weighted by Gasteiger charge is 2.56. The average Bonchev–Trinajstić information content (AvgIpc) is 2.87. The highest BCUT2D eigenvalue weighted by atomic mass is 19.1. The van der Waals surface area contributed by atoms with Crippen molar-refractivity contribution in [3.05, 3.63) is 47.8 Å². The number of rotatable bonds is 4. The van der Waals surface area contributed by atoms with E-state index in [1.807, 2.05) is 19.9 Å². The van der Waals surface area contributed by atoms with Crippen molar-refractivity contribution in [3.8, 4) is 5.69 Å². The Bertz CT molecular complexity index is 775. The second kappa shape index (κ2) is 5.72. The minimum absolute atomic E-state index is 0.132. The van der Waals surface area contributed by atoms with Crippen LogP contribution < -0.4 is 5.32 Å². The molecule has 4 atom stereocenters. The van der Waals surface area contributed by atoms with Gasteiger partial charge in [0.25, 0.3) is 0 Å². The van der Waals surface area contributed by atoms with E-state index < -0.39 is 0 Å². The van der Waals surface area contributed by atoms with Gasteiger partial charge in [0.2, 0.25) is 5.91 Å². The first-order valence-electron chi connectivity index (χ1n) is 8.66. The van der Waals surface area contributed by atoms with Crippen molar-refractivity contribution in [1.29, 1.82) is 0 Å². The Balaban J connectivity index is 1.47. The molecule has 2 aliphatic rings. The summed E-state index contributed by atoms with van der Waals surface area (Å²) in [7, 11) is 0. The average molecular weight is 327 g/mol. The van der Waals surface area contributed by atoms with E-state index >= 15 is 0 Å². The van der Waals surface area contributed by atoms with Crippen LogP contribution in [-0.2, 0) is 4.79 Å². The number of nitrogens with zero attached hydrogens (tertiary/aromatic N) is 2. The molecule has 0 aliphatic heterocycles. The van der Waals surface area contributed by atoms with Gasteiger partial charge in [-0.15, -0.1) is 0 Å². The third-order valence-corrected chi connectivity index (χ3v) is 5.63. The summed E-state index contributed by atoms with van der Waals surface area (Å²) in [6.07, 6.45) is 7.02. The van der Waals surface area contributed by atoms with Crippen LogP contribution >= 0.6 is 0 Å². The van der Waals surface area contributed by atoms with E-state index in [2.05, 4.69) is 10.3 Å². The van der Waals surface area contributed by atoms with Gasteiger partial charge in [0.05, 0.1) is 11.7 Å². The van der Waals surface area contributed by atoms with Crippen LogP contribution in [0.15, 0.2) is 30.6 Å². The van der Waals surface area contributed by atoms with Crippen molar-refractivity contribution in [2.75, 3.05) is 0 Å². The fourth-order valence-electron chi connectivity index (χ4n) is 4.22. The molecule has 1 aromatic carbocycles. The molecule has 1 amide bonds. The summed E-state index contributed by atoms with van der Waals surface area (Å²) in [5, 5.41) is 3.05. The predicted octanol–water partition coefficient (Wildman–Crippen LogP) is 3.54. The van der Waals surface area contributed by atoms with Gasteiger partial charge in [0.15, 0.2) is 0 Å². The lowest BCUT2D eigenvalue weighted by atomic mass is 10.1. The van der Waals surface area contributed by atoms with Gasteiger partial charge >= 0.3 is 0 Å². The van der Waals surface area contributed by atoms with E-state index in [4.69, 9.17) is 0 Å². The SMILES string of the molecule is Cc1nccn1-c1ccc([C@H](C)NC(=O)C2[C@H]3CCC[C@@H]23)cc1F. The van der Waals surface area contributed by atoms with Gasteiger partial charge in [-0.1, -0.05) is 12.5 Å². The zero-order valence-electron chi connectivity index (χ0n) is 14.0. The normalized spacial score (nSPS) is 26.0. The number of nitrogens with one attached hydrogen (secondary N) is 1. The molecular weight excluding hydrogens is 305 g/mol. The summed E-state index contributed by atoms with van der Waals surface area (Å²) in [5.41, 5.74) is 1.26. The molecule has 2 fully saturated rings. The maximum atomic E-state index is 14.5. The predicted molar refractivity (Wildman–Crippen MR) is 89.1 cm³/mol. The zero-order chi connectivity index (χ0) is 16.8. The number of halogens is 1. The first-order valence-corrected chi connectivity index (χ1v) is 8.66. The van der Waals surface area contributed by atoms with Gasteiger partial charge < -0.3 is 9.88 Å². The number of carbonyl (C=O) groups is 1. The molecule has 0 radical (unpaired) electrons. The fraction of sp³-hybridized carbons (Fsp3) is 0.474. The highest BCUT2D eigenvalue weighted by Crippen LogP contribution is 2.57. The molecule has 24 heavy (non-hydrogen) atoms. The minimum Gasteiger partial charge on any atom is -0.349 e. The van der Waals surface area contributed by atoms with E-state index in [1.54, 1.807) is 23.0 Å². The molecular formula is C19H22FN3O. The van der Waals surface area contributed by atoms with Crippen LogP contribution in [0.1, 0.15) is 43.6 Å². The first-order chi connectivity index (χ1) is 11.6. The van der Waals surface area contributed by atoms with Gasteiger partial charge in [0, 0.05) is 18.3 Å². The Hall–Kier alpha value is -2.17. The van der Waals surface area contributed by atoms with Gasteiger partial charge in [-0.25, -0.2) is 9.37 Å². The number of benzene rings is 1. The second-order valence-corrected chi connectivity index (χ2v) is 7.07. The first kappa shape index (κ1) is 15.4. The van der Waals surface area contributed by atoms with Gasteiger partial charge in [-0.3, -0.25) is 4.79 Å². The molecule has 126 valence electrons. The number of imidazole rings is 1. The summed E-state index contributed by atoms with van der Waals surface area (Å²) >= 11 is 0. The molecule has 4 rings (SSSR count). The molecule has 0 saturated heterocycles. The summed E-state index contributed by atoms with van der Waals surface area (Å²) in [5.74, 6) is 1.95. The number of hydrogen-bond acceptors (Lipinski definition) is 2. The van der Waals surface area contributed by atoms with Crippen molar-refractivity contribution in [2.45, 2.75) is 39.2 Å². The summed E-state index contributed by atoms with van der Waals surface area (Å²) < 4.78 is 16.2. The third-order valence-electron chi connectivity index (χ3n) is 5.63. The summed E-state index contributed by atoms with van der Waals surface area (Å²) in [4.78, 5) is 16.5. The lowest BCUT2D eigenvalue weighted by Gasteiger charge is -2.16. The molecule has 1 unspecified atom stereocenters. The number of aromatic nitrogens is 2. The highest BCUT2D eigenvalue weighted by molar-refractivity contribution is 5.82. The second-order valence-electron chi connectivity index (χ2n) is 7.07. The molecule has 0 bridgehead atoms. The van der Waals surface area contributed by atoms with Crippen molar-refractivity contribution in [2.24, 2.45) is 17.8 Å². The molecule has 1 heterocycles. The van der Waals surface area contributed by atoms with Crippen LogP contribution in [-0.4, -0.2) is 15.5 Å². The lowest BCUT2D eigenvalue weighted by molar-refractivity contribution is -0.123. The number of fused-ring (bicyclic) bond motifs is 1. The Morgan fingerprint density at radius 3 is 2.75 bits per heavy atom. The maximum absolute atomic E-state index is 14.5. The molecule has 1 aromatic heterocycles. The van der Waals surface area contributed by atoms with Crippen molar-refractivity contribution in [1.82, 2.24) is 14.9 Å². The zero-order valence-corrected chi connectivity index (χ0v) is 14.0. The van der Waals surface area contributed by atoms with Gasteiger partial charge in [-0.05, 0) is 56.2 Å². The van der Waals surface area contributed by atoms with Crippen molar-refractivity contribution in [3.63, 3.8) is 0 Å². The molecule has 4 nitrogen and oxygen atoms in total. The topological polar surface area (TPSA) is 46.9 Å². The van der Waals surface area contributed by atoms with E-state index in [-0.39, 0.29) is 23.7 Å². The molecule has 5 heteroatoms. The standard InChI is InChI=1S/C19H22FN3O/c1-11(22-19(24)18-14-4-3-5-15(14)18)13-6-7-17(16(20)10-13)23-9-8-21-12(23)2/h6-11,14-15,18H,3-5H2,1-2H3,(H,22,24)/t11-,14-,15+,18?/m0/s1. The van der Waals surface area contributed by atoms with Crippen LogP contribution in [0, 0.1) is 30.5 Å². The molecule has 2 aromatic rings. The van der Waals surface area contributed by atoms with Crippen molar-refractivity contribution >= 4 is 5.91 Å². The maximum Gasteiger partial charge on any atom is 0.224 e. The van der Waals surface area contributed by atoms with Gasteiger partial charge in [0.1, 0.15) is 11.6 Å². The lowest BCUT2D eigenvalue weighted by Crippen LogP contribution is -2.29. The van der Waals surface area contributed by atoms with Crippen LogP contribution in [0.2, 0.25) is 0 Å². The minimum atomic E-state index is -0.307. The van der Waals surface area contributed by atoms with Crippen molar-refractivity contribution < 1.29 is 9.18 Å². The van der Waals surface area contributed by atoms with Crippen LogP contribution in [0.5, 0.6) is 0 Å². The molecule has 2 saturated carbocycles. The molecule has 2 aliphatic carbocycles. The number of hydrogen-bond donors (Lipinski definition) is 1. The number of carbonyl (C=O) groups excluding carboxylic acids is 1. The molecule has 1 N–H and O–H groups in total. The Morgan fingerprint density at radius 1 is 1.38 bits per heavy atom. The van der Waals surface area contributed by atoms with Crippen LogP contribution in [0.25, 0.3) is 5.69 Å². The van der Waals surface area contributed by atoms with Crippen LogP contribution in [0.4, 0.5) is 4.39 Å². The van der Waals surface area contributed by atoms with E-state index in [1.165, 1.54) is 25.3 Å². The Kier molecular flexibility index (Phi) is 3.66. The fourth-order valence-corrected chi connectivity index (χ4v) is 4.22. The Morgan fingerprint density at radius 2 is 2.12 bits per heavy atom. The van der Waals surface area contributed by atoms with E-state index in [0.29, 0.717) is 17.5 Å². The van der Waals surface area contributed by atoms with Gasteiger partial charge in [-0.2, -0.15) is 0 Å². The largest absolute Gasteiger partial charge is 0.349 e. The quantitative estimate of drug-likeness (QED) is 0.933. The van der Waals surface area contributed by atoms with Crippen LogP contribution in [0.3, 0.4) is 0 Å². The third kappa shape index (κ3) is 2.52. The number of amides is 1.